The highest BCUT2D eigenvalue weighted by molar-refractivity contribution is 5.93. The summed E-state index contributed by atoms with van der Waals surface area (Å²) in [5, 5.41) is 1.16. The highest BCUT2D eigenvalue weighted by Gasteiger charge is 2.28. The lowest BCUT2D eigenvalue weighted by Gasteiger charge is -2.33. The average Bonchev–Trinajstić information content (AvgIpc) is 2.84. The highest BCUT2D eigenvalue weighted by atomic mass is 16.5. The molecule has 0 saturated carbocycles. The molecule has 106 valence electrons. The van der Waals surface area contributed by atoms with Crippen LogP contribution in [0.3, 0.4) is 0 Å². The minimum atomic E-state index is 0.288. The van der Waals surface area contributed by atoms with Crippen LogP contribution in [-0.2, 0) is 0 Å². The van der Waals surface area contributed by atoms with Crippen LogP contribution in [0.4, 0.5) is 0 Å². The van der Waals surface area contributed by atoms with Crippen molar-refractivity contribution in [2.75, 3.05) is 7.11 Å². The van der Waals surface area contributed by atoms with E-state index in [0.29, 0.717) is 0 Å². The Balaban J connectivity index is 2.19. The molecule has 0 unspecified atom stereocenters. The van der Waals surface area contributed by atoms with Crippen molar-refractivity contribution < 1.29 is 9.15 Å². The summed E-state index contributed by atoms with van der Waals surface area (Å²) in [5.74, 6) is 0.883. The van der Waals surface area contributed by atoms with E-state index in [9.17, 15) is 0 Å². The molecule has 0 fully saturated rings. The highest BCUT2D eigenvalue weighted by Crippen LogP contribution is 2.45. The van der Waals surface area contributed by atoms with Crippen LogP contribution in [0.25, 0.3) is 16.5 Å². The number of ether oxygens (including phenoxy) is 1. The number of hydrogen-bond donors (Lipinski definition) is 0. The Morgan fingerprint density at radius 1 is 1.25 bits per heavy atom. The quantitative estimate of drug-likeness (QED) is 0.726. The van der Waals surface area contributed by atoms with Crippen molar-refractivity contribution in [3.05, 3.63) is 35.6 Å². The van der Waals surface area contributed by atoms with Crippen molar-refractivity contribution in [2.24, 2.45) is 5.41 Å². The molecule has 1 aliphatic rings. The number of furan rings is 1. The van der Waals surface area contributed by atoms with Gasteiger partial charge < -0.3 is 9.15 Å². The molecule has 20 heavy (non-hydrogen) atoms. The maximum Gasteiger partial charge on any atom is 0.134 e. The molecule has 0 N–H and O–H groups in total. The first-order chi connectivity index (χ1) is 9.53. The summed E-state index contributed by atoms with van der Waals surface area (Å²) in [6.07, 6.45) is 5.56. The van der Waals surface area contributed by atoms with Gasteiger partial charge in [0, 0.05) is 10.9 Å². The molecule has 1 aromatic heterocycles. The van der Waals surface area contributed by atoms with Gasteiger partial charge in [-0.1, -0.05) is 19.4 Å². The van der Waals surface area contributed by atoms with E-state index in [4.69, 9.17) is 9.15 Å². The molecule has 0 saturated heterocycles. The smallest absolute Gasteiger partial charge is 0.134 e. The zero-order valence-corrected chi connectivity index (χ0v) is 12.7. The molecule has 2 nitrogen and oxygen atoms in total. The van der Waals surface area contributed by atoms with Gasteiger partial charge in [-0.25, -0.2) is 0 Å². The van der Waals surface area contributed by atoms with E-state index in [-0.39, 0.29) is 5.41 Å². The van der Waals surface area contributed by atoms with Crippen molar-refractivity contribution in [3.8, 4) is 5.75 Å². The van der Waals surface area contributed by atoms with E-state index in [1.807, 2.05) is 18.4 Å². The Labute approximate surface area is 120 Å². The molecule has 1 aliphatic carbocycles. The van der Waals surface area contributed by atoms with Crippen LogP contribution in [0, 0.1) is 5.41 Å². The maximum absolute atomic E-state index is 5.73. The van der Waals surface area contributed by atoms with E-state index >= 15 is 0 Å². The SMILES string of the molecule is COc1ccc2occ(C3=C(C)C(C)(C)CCC3)c2c1. The fraction of sp³-hybridized carbons (Fsp3) is 0.444. The van der Waals surface area contributed by atoms with Crippen LogP contribution >= 0.6 is 0 Å². The van der Waals surface area contributed by atoms with E-state index in [2.05, 4.69) is 26.8 Å². The van der Waals surface area contributed by atoms with Gasteiger partial charge in [0.05, 0.1) is 13.4 Å². The number of methoxy groups -OCH3 is 1. The Morgan fingerprint density at radius 2 is 2.05 bits per heavy atom. The molecule has 2 aromatic rings. The van der Waals surface area contributed by atoms with E-state index in [1.54, 1.807) is 7.11 Å². The van der Waals surface area contributed by atoms with Crippen molar-refractivity contribution in [1.29, 1.82) is 0 Å². The van der Waals surface area contributed by atoms with Gasteiger partial charge >= 0.3 is 0 Å². The summed E-state index contributed by atoms with van der Waals surface area (Å²) in [6, 6.07) is 6.01. The topological polar surface area (TPSA) is 22.4 Å². The lowest BCUT2D eigenvalue weighted by Crippen LogP contribution is -2.18. The van der Waals surface area contributed by atoms with Crippen LogP contribution in [0.1, 0.15) is 45.6 Å². The van der Waals surface area contributed by atoms with Crippen molar-refractivity contribution in [2.45, 2.75) is 40.0 Å². The molecule has 1 heterocycles. The van der Waals surface area contributed by atoms with Gasteiger partial charge in [-0.05, 0) is 55.4 Å². The Kier molecular flexibility index (Phi) is 3.12. The summed E-state index contributed by atoms with van der Waals surface area (Å²) in [7, 11) is 1.70. The third-order valence-corrected chi connectivity index (χ3v) is 4.80. The van der Waals surface area contributed by atoms with Crippen LogP contribution in [0.2, 0.25) is 0 Å². The molecule has 0 radical (unpaired) electrons. The van der Waals surface area contributed by atoms with Gasteiger partial charge in [0.2, 0.25) is 0 Å². The van der Waals surface area contributed by atoms with Gasteiger partial charge in [0.1, 0.15) is 11.3 Å². The van der Waals surface area contributed by atoms with Crippen LogP contribution in [0.15, 0.2) is 34.5 Å². The second kappa shape index (κ2) is 4.69. The second-order valence-electron chi connectivity index (χ2n) is 6.35. The third kappa shape index (κ3) is 2.04. The summed E-state index contributed by atoms with van der Waals surface area (Å²) in [5.41, 5.74) is 5.41. The lowest BCUT2D eigenvalue weighted by molar-refractivity contribution is 0.381. The Morgan fingerprint density at radius 3 is 2.80 bits per heavy atom. The lowest BCUT2D eigenvalue weighted by atomic mass is 9.72. The van der Waals surface area contributed by atoms with Crippen LogP contribution in [0.5, 0.6) is 5.75 Å². The molecule has 3 rings (SSSR count). The summed E-state index contributed by atoms with van der Waals surface area (Å²) < 4.78 is 11.1. The molecule has 0 bridgehead atoms. The predicted octanol–water partition coefficient (Wildman–Crippen LogP) is 5.43. The Hall–Kier alpha value is -1.70. The average molecular weight is 270 g/mol. The minimum Gasteiger partial charge on any atom is -0.497 e. The van der Waals surface area contributed by atoms with E-state index in [1.165, 1.54) is 29.6 Å². The molecule has 0 amide bonds. The zero-order chi connectivity index (χ0) is 14.3. The minimum absolute atomic E-state index is 0.288. The molecule has 0 aliphatic heterocycles. The van der Waals surface area contributed by atoms with Crippen molar-refractivity contribution in [3.63, 3.8) is 0 Å². The van der Waals surface area contributed by atoms with Gasteiger partial charge in [0.25, 0.3) is 0 Å². The summed E-state index contributed by atoms with van der Waals surface area (Å²) in [4.78, 5) is 0. The summed E-state index contributed by atoms with van der Waals surface area (Å²) in [6.45, 7) is 6.95. The number of rotatable bonds is 2. The standard InChI is InChI=1S/C18H22O2/c1-12-14(6-5-9-18(12,2)3)16-11-20-17-8-7-13(19-4)10-15(16)17/h7-8,10-11H,5-6,9H2,1-4H3. The number of allylic oxidation sites excluding steroid dienone is 2. The largest absolute Gasteiger partial charge is 0.497 e. The van der Waals surface area contributed by atoms with E-state index < -0.39 is 0 Å². The first kappa shape index (κ1) is 13.3. The van der Waals surface area contributed by atoms with Crippen LogP contribution < -0.4 is 4.74 Å². The third-order valence-electron chi connectivity index (χ3n) is 4.80. The number of fused-ring (bicyclic) bond motifs is 1. The number of benzene rings is 1. The van der Waals surface area contributed by atoms with Crippen molar-refractivity contribution >= 4 is 16.5 Å². The van der Waals surface area contributed by atoms with E-state index in [0.717, 1.165) is 23.1 Å². The van der Waals surface area contributed by atoms with Gasteiger partial charge in [-0.2, -0.15) is 0 Å². The van der Waals surface area contributed by atoms with Crippen molar-refractivity contribution in [1.82, 2.24) is 0 Å². The molecule has 1 aromatic carbocycles. The zero-order valence-electron chi connectivity index (χ0n) is 12.7. The maximum atomic E-state index is 5.73. The first-order valence-electron chi connectivity index (χ1n) is 7.29. The Bertz CT molecular complexity index is 674. The fourth-order valence-electron chi connectivity index (χ4n) is 3.20. The molecular formula is C18H22O2. The second-order valence-corrected chi connectivity index (χ2v) is 6.35. The first-order valence-corrected chi connectivity index (χ1v) is 7.29. The molecule has 0 spiro atoms. The van der Waals surface area contributed by atoms with Gasteiger partial charge in [-0.15, -0.1) is 0 Å². The van der Waals surface area contributed by atoms with Gasteiger partial charge in [-0.3, -0.25) is 0 Å². The molecule has 0 atom stereocenters. The normalized spacial score (nSPS) is 18.6. The van der Waals surface area contributed by atoms with Gasteiger partial charge in [0.15, 0.2) is 0 Å². The fourth-order valence-corrected chi connectivity index (χ4v) is 3.20. The monoisotopic (exact) mass is 270 g/mol. The van der Waals surface area contributed by atoms with Crippen LogP contribution in [-0.4, -0.2) is 7.11 Å². The number of hydrogen-bond acceptors (Lipinski definition) is 2. The molecular weight excluding hydrogens is 248 g/mol. The summed E-state index contributed by atoms with van der Waals surface area (Å²) >= 11 is 0. The predicted molar refractivity (Wildman–Crippen MR) is 83.0 cm³/mol. The molecule has 2 heteroatoms.